The molecule has 1 rings (SSSR count). The first-order valence-corrected chi connectivity index (χ1v) is 4.68. The van der Waals surface area contributed by atoms with Crippen LogP contribution in [0.2, 0.25) is 0 Å². The van der Waals surface area contributed by atoms with Gasteiger partial charge in [0.15, 0.2) is 0 Å². The maximum atomic E-state index is 13.1. The molecular weight excluding hydrogens is 223 g/mol. The van der Waals surface area contributed by atoms with Crippen LogP contribution in [0.4, 0.5) is 17.3 Å². The monoisotopic (exact) mass is 233 g/mol. The predicted octanol–water partition coefficient (Wildman–Crippen LogP) is 2.84. The Kier molecular flexibility index (Phi) is 3.98. The first kappa shape index (κ1) is 12.6. The van der Waals surface area contributed by atoms with Crippen LogP contribution >= 0.6 is 0 Å². The Labute approximate surface area is 90.8 Å². The van der Waals surface area contributed by atoms with Gasteiger partial charge in [0, 0.05) is 6.07 Å². The Bertz CT molecular complexity index is 376. The molecule has 1 nitrogen and oxygen atoms in total. The highest BCUT2D eigenvalue weighted by molar-refractivity contribution is 6.73. The van der Waals surface area contributed by atoms with Crippen molar-refractivity contribution in [3.8, 4) is 5.75 Å². The summed E-state index contributed by atoms with van der Waals surface area (Å²) >= 11 is 0. The van der Waals surface area contributed by atoms with E-state index in [-0.39, 0.29) is 12.4 Å². The third-order valence-corrected chi connectivity index (χ3v) is 1.92. The van der Waals surface area contributed by atoms with E-state index in [1.165, 1.54) is 0 Å². The molecule has 0 spiro atoms. The first-order chi connectivity index (χ1) is 7.45. The van der Waals surface area contributed by atoms with Gasteiger partial charge in [-0.2, -0.15) is 0 Å². The lowest BCUT2D eigenvalue weighted by Gasteiger charge is -2.16. The van der Waals surface area contributed by atoms with E-state index in [9.17, 15) is 17.3 Å². The van der Waals surface area contributed by atoms with Crippen LogP contribution in [0.25, 0.3) is 0 Å². The van der Waals surface area contributed by atoms with Gasteiger partial charge < -0.3 is 17.7 Å². The highest BCUT2D eigenvalue weighted by Crippen LogP contribution is 2.16. The van der Waals surface area contributed by atoms with Crippen LogP contribution in [-0.2, 0) is 0 Å². The van der Waals surface area contributed by atoms with Crippen LogP contribution < -0.4 is 10.2 Å². The molecule has 0 N–H and O–H groups in total. The molecule has 0 atom stereocenters. The van der Waals surface area contributed by atoms with Gasteiger partial charge in [0.1, 0.15) is 5.75 Å². The maximum absolute atomic E-state index is 13.1. The Balaban J connectivity index is 2.79. The summed E-state index contributed by atoms with van der Waals surface area (Å²) in [5.41, 5.74) is -1.23. The van der Waals surface area contributed by atoms with Gasteiger partial charge in [-0.25, -0.2) is 4.39 Å². The van der Waals surface area contributed by atoms with E-state index in [4.69, 9.17) is 4.74 Å². The lowest BCUT2D eigenvalue weighted by Crippen LogP contribution is -2.36. The van der Waals surface area contributed by atoms with Crippen molar-refractivity contribution in [2.45, 2.75) is 6.42 Å². The van der Waals surface area contributed by atoms with E-state index in [2.05, 4.69) is 6.58 Å². The van der Waals surface area contributed by atoms with Gasteiger partial charge in [-0.3, -0.25) is 0 Å². The minimum Gasteiger partial charge on any atom is -0.493 e. The second kappa shape index (κ2) is 5.05. The molecule has 0 aliphatic heterocycles. The largest absolute Gasteiger partial charge is 0.512 e. The van der Waals surface area contributed by atoms with Crippen LogP contribution in [0.1, 0.15) is 6.42 Å². The van der Waals surface area contributed by atoms with Gasteiger partial charge in [0.2, 0.25) is 0 Å². The van der Waals surface area contributed by atoms with Crippen molar-refractivity contribution in [1.29, 1.82) is 0 Å². The van der Waals surface area contributed by atoms with Crippen molar-refractivity contribution in [2.24, 2.45) is 0 Å². The van der Waals surface area contributed by atoms with Crippen molar-refractivity contribution < 1.29 is 22.1 Å². The van der Waals surface area contributed by atoms with Crippen molar-refractivity contribution in [2.75, 3.05) is 6.61 Å². The summed E-state index contributed by atoms with van der Waals surface area (Å²) in [6, 6.07) is 2.54. The number of halogens is 4. The van der Waals surface area contributed by atoms with Gasteiger partial charge in [0.05, 0.1) is 12.4 Å². The van der Waals surface area contributed by atoms with Gasteiger partial charge >= 0.3 is 6.98 Å². The molecular formula is C10H10BF4O-. The zero-order valence-electron chi connectivity index (χ0n) is 8.43. The standard InChI is InChI=1S/C10H10BF4O/c1-2-3-6-16-8-4-5-9(10(12)7-8)11(13,14)15/h2,4-5,7H,1,3,6H2/q-1. The third kappa shape index (κ3) is 3.29. The highest BCUT2D eigenvalue weighted by atomic mass is 19.4. The van der Waals surface area contributed by atoms with Crippen molar-refractivity contribution in [3.63, 3.8) is 0 Å². The van der Waals surface area contributed by atoms with Crippen molar-refractivity contribution in [1.82, 2.24) is 0 Å². The van der Waals surface area contributed by atoms with Gasteiger partial charge in [-0.1, -0.05) is 17.6 Å². The molecule has 6 heteroatoms. The molecule has 0 aromatic heterocycles. The fraction of sp³-hybridized carbons (Fsp3) is 0.200. The van der Waals surface area contributed by atoms with Crippen molar-refractivity contribution in [3.05, 3.63) is 36.7 Å². The van der Waals surface area contributed by atoms with Gasteiger partial charge in [-0.05, 0) is 12.5 Å². The fourth-order valence-electron chi connectivity index (χ4n) is 1.12. The summed E-state index contributed by atoms with van der Waals surface area (Å²) in [6.07, 6.45) is 2.15. The summed E-state index contributed by atoms with van der Waals surface area (Å²) in [7, 11) is 0. The average Bonchev–Trinajstić information content (AvgIpc) is 2.16. The second-order valence-electron chi connectivity index (χ2n) is 3.18. The Morgan fingerprint density at radius 3 is 2.50 bits per heavy atom. The quantitative estimate of drug-likeness (QED) is 0.329. The average molecular weight is 233 g/mol. The molecule has 0 saturated carbocycles. The van der Waals surface area contributed by atoms with Crippen LogP contribution in [0, 0.1) is 5.82 Å². The summed E-state index contributed by atoms with van der Waals surface area (Å²) in [6.45, 7) is -1.59. The van der Waals surface area contributed by atoms with E-state index in [1.807, 2.05) is 0 Å². The molecule has 0 saturated heterocycles. The Hall–Kier alpha value is -1.46. The lowest BCUT2D eigenvalue weighted by atomic mass is 9.80. The topological polar surface area (TPSA) is 9.23 Å². The van der Waals surface area contributed by atoms with Crippen LogP contribution in [0.5, 0.6) is 5.75 Å². The van der Waals surface area contributed by atoms with Gasteiger partial charge in [0.25, 0.3) is 0 Å². The first-order valence-electron chi connectivity index (χ1n) is 4.68. The molecule has 88 valence electrons. The van der Waals surface area contributed by atoms with E-state index in [1.54, 1.807) is 6.08 Å². The third-order valence-electron chi connectivity index (χ3n) is 1.92. The number of benzene rings is 1. The molecule has 0 fully saturated rings. The van der Waals surface area contributed by atoms with E-state index >= 15 is 0 Å². The van der Waals surface area contributed by atoms with Crippen molar-refractivity contribution >= 4 is 12.4 Å². The summed E-state index contributed by atoms with van der Waals surface area (Å²) < 4.78 is 54.8. The predicted molar refractivity (Wildman–Crippen MR) is 55.4 cm³/mol. The molecule has 0 aliphatic rings. The Morgan fingerprint density at radius 2 is 2.00 bits per heavy atom. The summed E-state index contributed by atoms with van der Waals surface area (Å²) in [5, 5.41) is 0. The molecule has 0 aliphatic carbocycles. The molecule has 0 amide bonds. The molecule has 1 aromatic rings. The van der Waals surface area contributed by atoms with Crippen LogP contribution in [0.15, 0.2) is 30.9 Å². The summed E-state index contributed by atoms with van der Waals surface area (Å²) in [4.78, 5) is 0. The second-order valence-corrected chi connectivity index (χ2v) is 3.18. The Morgan fingerprint density at radius 1 is 1.31 bits per heavy atom. The van der Waals surface area contributed by atoms with E-state index in [0.29, 0.717) is 12.5 Å². The number of rotatable bonds is 5. The molecule has 0 heterocycles. The minimum absolute atomic E-state index is 0.0863. The van der Waals surface area contributed by atoms with E-state index < -0.39 is 18.3 Å². The molecule has 0 unspecified atom stereocenters. The fourth-order valence-corrected chi connectivity index (χ4v) is 1.12. The SMILES string of the molecule is C=CCCOc1ccc([B-](F)(F)F)c(F)c1. The van der Waals surface area contributed by atoms with E-state index in [0.717, 1.165) is 12.1 Å². The minimum atomic E-state index is -5.31. The smallest absolute Gasteiger partial charge is 0.493 e. The van der Waals surface area contributed by atoms with Gasteiger partial charge in [-0.15, -0.1) is 6.58 Å². The molecule has 1 aromatic carbocycles. The zero-order chi connectivity index (χ0) is 12.2. The molecule has 16 heavy (non-hydrogen) atoms. The summed E-state index contributed by atoms with van der Waals surface area (Å²) in [5.74, 6) is -1.22. The maximum Gasteiger partial charge on any atom is 0.512 e. The van der Waals surface area contributed by atoms with Crippen LogP contribution in [0.3, 0.4) is 0 Å². The number of ether oxygens (including phenoxy) is 1. The lowest BCUT2D eigenvalue weighted by molar-refractivity contribution is 0.323. The number of hydrogen-bond acceptors (Lipinski definition) is 1. The highest BCUT2D eigenvalue weighted by Gasteiger charge is 2.28. The number of hydrogen-bond donors (Lipinski definition) is 0. The molecule has 0 radical (unpaired) electrons. The normalized spacial score (nSPS) is 11.2. The zero-order valence-corrected chi connectivity index (χ0v) is 8.43. The molecule has 0 bridgehead atoms. The van der Waals surface area contributed by atoms with Crippen LogP contribution in [-0.4, -0.2) is 13.6 Å².